The van der Waals surface area contributed by atoms with Gasteiger partial charge in [-0.15, -0.1) is 0 Å². The molecule has 1 aliphatic rings. The normalized spacial score (nSPS) is 17.1. The minimum Gasteiger partial charge on any atom is -0.347 e. The maximum Gasteiger partial charge on any atom is 0.223 e. The molecule has 0 radical (unpaired) electrons. The molecule has 22 heavy (non-hydrogen) atoms. The SMILES string of the molecule is CC[C@H](NC(=O)C1CCN(C(C)=O)CC1)c1ncccc1C. The number of piperidine rings is 1. The molecule has 1 aromatic heterocycles. The van der Waals surface area contributed by atoms with Crippen molar-refractivity contribution < 1.29 is 9.59 Å². The highest BCUT2D eigenvalue weighted by atomic mass is 16.2. The van der Waals surface area contributed by atoms with Gasteiger partial charge in [0.15, 0.2) is 0 Å². The van der Waals surface area contributed by atoms with Crippen molar-refractivity contribution in [1.29, 1.82) is 0 Å². The number of nitrogens with zero attached hydrogens (tertiary/aromatic N) is 2. The molecule has 2 heterocycles. The van der Waals surface area contributed by atoms with Gasteiger partial charge in [-0.2, -0.15) is 0 Å². The zero-order valence-corrected chi connectivity index (χ0v) is 13.6. The highest BCUT2D eigenvalue weighted by Gasteiger charge is 2.27. The van der Waals surface area contributed by atoms with Gasteiger partial charge in [0.25, 0.3) is 0 Å². The van der Waals surface area contributed by atoms with Crippen LogP contribution in [0.25, 0.3) is 0 Å². The number of aryl methyl sites for hydroxylation is 1. The largest absolute Gasteiger partial charge is 0.347 e. The van der Waals surface area contributed by atoms with Crippen molar-refractivity contribution in [1.82, 2.24) is 15.2 Å². The number of hydrogen-bond donors (Lipinski definition) is 1. The summed E-state index contributed by atoms with van der Waals surface area (Å²) in [6.45, 7) is 7.00. The number of likely N-dealkylation sites (tertiary alicyclic amines) is 1. The molecule has 1 N–H and O–H groups in total. The second-order valence-corrected chi connectivity index (χ2v) is 5.96. The van der Waals surface area contributed by atoms with Crippen LogP contribution in [-0.2, 0) is 9.59 Å². The van der Waals surface area contributed by atoms with Crippen molar-refractivity contribution in [3.63, 3.8) is 0 Å². The molecule has 0 saturated carbocycles. The smallest absolute Gasteiger partial charge is 0.223 e. The maximum atomic E-state index is 12.5. The topological polar surface area (TPSA) is 62.3 Å². The Kier molecular flexibility index (Phi) is 5.52. The van der Waals surface area contributed by atoms with Crippen LogP contribution in [0.5, 0.6) is 0 Å². The monoisotopic (exact) mass is 303 g/mol. The molecule has 5 heteroatoms. The minimum atomic E-state index is -0.0421. The van der Waals surface area contributed by atoms with Gasteiger partial charge in [-0.25, -0.2) is 0 Å². The molecule has 0 aromatic carbocycles. The first-order chi connectivity index (χ1) is 10.5. The Hall–Kier alpha value is -1.91. The lowest BCUT2D eigenvalue weighted by molar-refractivity contribution is -0.134. The molecule has 2 amide bonds. The van der Waals surface area contributed by atoms with E-state index in [-0.39, 0.29) is 23.8 Å². The third-order valence-corrected chi connectivity index (χ3v) is 4.42. The van der Waals surface area contributed by atoms with Gasteiger partial charge in [0, 0.05) is 32.1 Å². The summed E-state index contributed by atoms with van der Waals surface area (Å²) in [5.74, 6) is 0.170. The fourth-order valence-electron chi connectivity index (χ4n) is 2.97. The molecule has 0 aliphatic carbocycles. The summed E-state index contributed by atoms with van der Waals surface area (Å²) in [6, 6.07) is 3.88. The number of hydrogen-bond acceptors (Lipinski definition) is 3. The Morgan fingerprint density at radius 3 is 2.64 bits per heavy atom. The van der Waals surface area contributed by atoms with Crippen LogP contribution in [0.2, 0.25) is 0 Å². The van der Waals surface area contributed by atoms with E-state index in [1.165, 1.54) is 0 Å². The number of nitrogens with one attached hydrogen (secondary N) is 1. The number of rotatable bonds is 4. The lowest BCUT2D eigenvalue weighted by atomic mass is 9.95. The molecule has 5 nitrogen and oxygen atoms in total. The fourth-order valence-corrected chi connectivity index (χ4v) is 2.97. The van der Waals surface area contributed by atoms with Crippen molar-refractivity contribution in [2.45, 2.75) is 46.1 Å². The second-order valence-electron chi connectivity index (χ2n) is 5.96. The Labute approximate surface area is 132 Å². The third-order valence-electron chi connectivity index (χ3n) is 4.42. The van der Waals surface area contributed by atoms with Gasteiger partial charge in [-0.3, -0.25) is 14.6 Å². The van der Waals surface area contributed by atoms with Gasteiger partial charge in [0.2, 0.25) is 11.8 Å². The quantitative estimate of drug-likeness (QED) is 0.927. The zero-order valence-electron chi connectivity index (χ0n) is 13.6. The lowest BCUT2D eigenvalue weighted by Crippen LogP contribution is -2.43. The van der Waals surface area contributed by atoms with E-state index < -0.39 is 0 Å². The van der Waals surface area contributed by atoms with E-state index in [0.29, 0.717) is 13.1 Å². The fraction of sp³-hybridized carbons (Fsp3) is 0.588. The summed E-state index contributed by atoms with van der Waals surface area (Å²) in [5.41, 5.74) is 2.04. The van der Waals surface area contributed by atoms with Crippen LogP contribution < -0.4 is 5.32 Å². The van der Waals surface area contributed by atoms with Crippen molar-refractivity contribution in [3.05, 3.63) is 29.6 Å². The number of aromatic nitrogens is 1. The zero-order chi connectivity index (χ0) is 16.1. The molecular formula is C17H25N3O2. The number of carbonyl (C=O) groups excluding carboxylic acids is 2. The van der Waals surface area contributed by atoms with Gasteiger partial charge in [-0.05, 0) is 37.8 Å². The van der Waals surface area contributed by atoms with Crippen LogP contribution in [0.1, 0.15) is 50.4 Å². The lowest BCUT2D eigenvalue weighted by Gasteiger charge is -2.31. The third kappa shape index (κ3) is 3.84. The molecule has 1 aliphatic heterocycles. The van der Waals surface area contributed by atoms with E-state index in [9.17, 15) is 9.59 Å². The summed E-state index contributed by atoms with van der Waals surface area (Å²) < 4.78 is 0. The number of carbonyl (C=O) groups is 2. The number of amides is 2. The van der Waals surface area contributed by atoms with Crippen LogP contribution in [0, 0.1) is 12.8 Å². The molecule has 0 spiro atoms. The van der Waals surface area contributed by atoms with Gasteiger partial charge < -0.3 is 10.2 Å². The summed E-state index contributed by atoms with van der Waals surface area (Å²) in [6.07, 6.45) is 4.06. The van der Waals surface area contributed by atoms with Gasteiger partial charge in [-0.1, -0.05) is 13.0 Å². The van der Waals surface area contributed by atoms with E-state index in [1.54, 1.807) is 13.1 Å². The highest BCUT2D eigenvalue weighted by molar-refractivity contribution is 5.80. The summed E-state index contributed by atoms with van der Waals surface area (Å²) in [5, 5.41) is 3.13. The first-order valence-corrected chi connectivity index (χ1v) is 8.00. The average Bonchev–Trinajstić information content (AvgIpc) is 2.53. The van der Waals surface area contributed by atoms with E-state index in [1.807, 2.05) is 24.0 Å². The average molecular weight is 303 g/mol. The Bertz CT molecular complexity index is 536. The van der Waals surface area contributed by atoms with Crippen molar-refractivity contribution in [3.8, 4) is 0 Å². The van der Waals surface area contributed by atoms with Gasteiger partial charge in [0.05, 0.1) is 11.7 Å². The predicted molar refractivity (Wildman–Crippen MR) is 85.1 cm³/mol. The Morgan fingerprint density at radius 2 is 2.09 bits per heavy atom. The van der Waals surface area contributed by atoms with Crippen molar-refractivity contribution in [2.24, 2.45) is 5.92 Å². The number of pyridine rings is 1. The molecule has 0 unspecified atom stereocenters. The molecule has 1 fully saturated rings. The highest BCUT2D eigenvalue weighted by Crippen LogP contribution is 2.22. The van der Waals surface area contributed by atoms with Crippen LogP contribution >= 0.6 is 0 Å². The Morgan fingerprint density at radius 1 is 1.41 bits per heavy atom. The molecule has 1 saturated heterocycles. The predicted octanol–water partition coefficient (Wildman–Crippen LogP) is 2.22. The molecule has 0 bridgehead atoms. The van der Waals surface area contributed by atoms with Crippen molar-refractivity contribution in [2.75, 3.05) is 13.1 Å². The standard InChI is InChI=1S/C17H25N3O2/c1-4-15(16-12(2)6-5-9-18-16)19-17(22)14-7-10-20(11-8-14)13(3)21/h5-6,9,14-15H,4,7-8,10-11H2,1-3H3,(H,19,22)/t15-/m0/s1. The molecule has 2 rings (SSSR count). The molecule has 120 valence electrons. The first-order valence-electron chi connectivity index (χ1n) is 8.00. The Balaban J connectivity index is 1.96. The van der Waals surface area contributed by atoms with Crippen molar-refractivity contribution >= 4 is 11.8 Å². The van der Waals surface area contributed by atoms with E-state index in [4.69, 9.17) is 0 Å². The first kappa shape index (κ1) is 16.5. The second kappa shape index (κ2) is 7.38. The molecule has 1 atom stereocenters. The maximum absolute atomic E-state index is 12.5. The van der Waals surface area contributed by atoms with Crippen LogP contribution in [0.4, 0.5) is 0 Å². The van der Waals surface area contributed by atoms with E-state index >= 15 is 0 Å². The summed E-state index contributed by atoms with van der Waals surface area (Å²) in [7, 11) is 0. The van der Waals surface area contributed by atoms with E-state index in [0.717, 1.165) is 30.5 Å². The molecular weight excluding hydrogens is 278 g/mol. The molecule has 1 aromatic rings. The van der Waals surface area contributed by atoms with Crippen LogP contribution in [0.3, 0.4) is 0 Å². The van der Waals surface area contributed by atoms with Gasteiger partial charge >= 0.3 is 0 Å². The van der Waals surface area contributed by atoms with Gasteiger partial charge in [0.1, 0.15) is 0 Å². The van der Waals surface area contributed by atoms with E-state index in [2.05, 4.69) is 17.2 Å². The van der Waals surface area contributed by atoms with Crippen LogP contribution in [-0.4, -0.2) is 34.8 Å². The minimum absolute atomic E-state index is 0.00586. The summed E-state index contributed by atoms with van der Waals surface area (Å²) in [4.78, 5) is 30.1. The summed E-state index contributed by atoms with van der Waals surface area (Å²) >= 11 is 0. The van der Waals surface area contributed by atoms with Crippen LogP contribution in [0.15, 0.2) is 18.3 Å².